The van der Waals surface area contributed by atoms with Gasteiger partial charge in [-0.3, -0.25) is 9.59 Å². The molecule has 0 fully saturated rings. The Kier molecular flexibility index (Phi) is 1.74. The Labute approximate surface area is 78.4 Å². The van der Waals surface area contributed by atoms with Gasteiger partial charge in [-0.1, -0.05) is 17.7 Å². The van der Waals surface area contributed by atoms with Crippen LogP contribution < -0.4 is 10.6 Å². The van der Waals surface area contributed by atoms with E-state index in [2.05, 4.69) is 4.99 Å². The van der Waals surface area contributed by atoms with Crippen LogP contribution in [0.25, 0.3) is 5.57 Å². The Balaban J connectivity index is 2.93. The molecule has 64 valence electrons. The number of fused-ring (bicyclic) bond motifs is 1. The van der Waals surface area contributed by atoms with Crippen molar-refractivity contribution in [1.29, 1.82) is 0 Å². The highest BCUT2D eigenvalue weighted by molar-refractivity contribution is 6.34. The predicted octanol–water partition coefficient (Wildman–Crippen LogP) is -0.151. The number of rotatable bonds is 1. The van der Waals surface area contributed by atoms with Crippen LogP contribution in [-0.4, -0.2) is 12.2 Å². The number of aldehydes is 1. The van der Waals surface area contributed by atoms with E-state index in [4.69, 9.17) is 11.6 Å². The maximum atomic E-state index is 11.1. The fourth-order valence-electron chi connectivity index (χ4n) is 1.22. The van der Waals surface area contributed by atoms with Crippen LogP contribution in [-0.2, 0) is 9.59 Å². The third-order valence-electron chi connectivity index (χ3n) is 1.82. The molecule has 0 saturated heterocycles. The molecule has 0 bridgehead atoms. The van der Waals surface area contributed by atoms with E-state index < -0.39 is 5.91 Å². The van der Waals surface area contributed by atoms with E-state index in [0.717, 1.165) is 0 Å². The zero-order chi connectivity index (χ0) is 9.42. The molecule has 1 aromatic carbocycles. The van der Waals surface area contributed by atoms with Crippen molar-refractivity contribution in [2.75, 3.05) is 0 Å². The van der Waals surface area contributed by atoms with Gasteiger partial charge in [0.1, 0.15) is 0 Å². The lowest BCUT2D eigenvalue weighted by atomic mass is 10.2. The summed E-state index contributed by atoms with van der Waals surface area (Å²) in [4.78, 5) is 25.3. The van der Waals surface area contributed by atoms with Crippen LogP contribution in [0.1, 0.15) is 0 Å². The van der Waals surface area contributed by atoms with Gasteiger partial charge >= 0.3 is 0 Å². The van der Waals surface area contributed by atoms with Gasteiger partial charge in [-0.25, -0.2) is 4.99 Å². The number of hydrogen-bond donors (Lipinski definition) is 0. The summed E-state index contributed by atoms with van der Waals surface area (Å²) in [5.41, 5.74) is 0.103. The molecule has 0 spiro atoms. The summed E-state index contributed by atoms with van der Waals surface area (Å²) in [5.74, 6) is -0.493. The van der Waals surface area contributed by atoms with E-state index in [9.17, 15) is 9.59 Å². The highest BCUT2D eigenvalue weighted by Gasteiger charge is 2.14. The molecule has 0 aromatic heterocycles. The van der Waals surface area contributed by atoms with Crippen molar-refractivity contribution in [2.24, 2.45) is 4.99 Å². The lowest BCUT2D eigenvalue weighted by Crippen LogP contribution is -2.22. The molecule has 1 aliphatic rings. The Morgan fingerprint density at radius 3 is 2.85 bits per heavy atom. The lowest BCUT2D eigenvalue weighted by Gasteiger charge is -1.86. The van der Waals surface area contributed by atoms with Crippen molar-refractivity contribution in [3.05, 3.63) is 33.8 Å². The predicted molar refractivity (Wildman–Crippen MR) is 46.7 cm³/mol. The highest BCUT2D eigenvalue weighted by atomic mass is 35.5. The van der Waals surface area contributed by atoms with Gasteiger partial charge in [-0.05, 0) is 12.1 Å². The number of benzene rings is 1. The molecular weight excluding hydrogens is 190 g/mol. The van der Waals surface area contributed by atoms with Crippen LogP contribution in [0.4, 0.5) is 0 Å². The zero-order valence-electron chi connectivity index (χ0n) is 6.45. The molecule has 0 aliphatic carbocycles. The number of hydrogen-bond acceptors (Lipinski definition) is 2. The van der Waals surface area contributed by atoms with Gasteiger partial charge in [-0.15, -0.1) is 0 Å². The van der Waals surface area contributed by atoms with Gasteiger partial charge in [0.25, 0.3) is 5.91 Å². The molecule has 0 saturated carbocycles. The van der Waals surface area contributed by atoms with Gasteiger partial charge in [0.05, 0.1) is 10.9 Å². The fraction of sp³-hybridized carbons (Fsp3) is 0. The Bertz CT molecular complexity index is 519. The maximum absolute atomic E-state index is 11.1. The first kappa shape index (κ1) is 8.13. The minimum atomic E-state index is -0.493. The summed E-state index contributed by atoms with van der Waals surface area (Å²) in [5, 5.41) is 1.53. The highest BCUT2D eigenvalue weighted by Crippen LogP contribution is 2.03. The van der Waals surface area contributed by atoms with Crippen LogP contribution in [0.5, 0.6) is 0 Å². The van der Waals surface area contributed by atoms with Crippen molar-refractivity contribution >= 4 is 29.4 Å². The third kappa shape index (κ3) is 1.17. The van der Waals surface area contributed by atoms with Crippen molar-refractivity contribution in [1.82, 2.24) is 0 Å². The monoisotopic (exact) mass is 193 g/mol. The smallest absolute Gasteiger partial charge is 0.281 e. The largest absolute Gasteiger partial charge is 0.298 e. The zero-order valence-corrected chi connectivity index (χ0v) is 7.21. The average molecular weight is 194 g/mol. The van der Waals surface area contributed by atoms with Crippen LogP contribution in [0, 0.1) is 0 Å². The third-order valence-corrected chi connectivity index (χ3v) is 2.06. The lowest BCUT2D eigenvalue weighted by molar-refractivity contribution is -0.114. The molecule has 3 nitrogen and oxygen atoms in total. The molecule has 1 amide bonds. The van der Waals surface area contributed by atoms with Crippen molar-refractivity contribution in [2.45, 2.75) is 0 Å². The van der Waals surface area contributed by atoms with Crippen LogP contribution in [0.15, 0.2) is 23.2 Å². The van der Waals surface area contributed by atoms with Gasteiger partial charge in [0.2, 0.25) is 0 Å². The van der Waals surface area contributed by atoms with E-state index in [-0.39, 0.29) is 5.57 Å². The number of amides is 1. The molecule has 0 radical (unpaired) electrons. The SMILES string of the molecule is O=CC1=c2ccc(Cl)cc2=NC1=O. The first-order valence-electron chi connectivity index (χ1n) is 3.60. The minimum absolute atomic E-state index is 0.103. The fourth-order valence-corrected chi connectivity index (χ4v) is 1.39. The first-order chi connectivity index (χ1) is 6.22. The average Bonchev–Trinajstić information content (AvgIpc) is 2.39. The standard InChI is InChI=1S/C9H4ClNO2/c10-5-1-2-6-7(4-12)9(13)11-8(6)3-5/h1-4H. The molecule has 1 heterocycles. The van der Waals surface area contributed by atoms with Crippen molar-refractivity contribution in [3.63, 3.8) is 0 Å². The minimum Gasteiger partial charge on any atom is -0.298 e. The Morgan fingerprint density at radius 2 is 2.15 bits per heavy atom. The van der Waals surface area contributed by atoms with Crippen LogP contribution >= 0.6 is 11.6 Å². The summed E-state index contributed by atoms with van der Waals surface area (Å²) in [6.07, 6.45) is 0.519. The maximum Gasteiger partial charge on any atom is 0.281 e. The molecular formula is C9H4ClNO2. The molecule has 0 unspecified atom stereocenters. The molecule has 0 atom stereocenters. The number of carbonyl (C=O) groups excluding carboxylic acids is 2. The molecule has 13 heavy (non-hydrogen) atoms. The molecule has 4 heteroatoms. The summed E-state index contributed by atoms with van der Waals surface area (Å²) in [7, 11) is 0. The van der Waals surface area contributed by atoms with E-state index in [0.29, 0.717) is 21.9 Å². The number of carbonyl (C=O) groups is 2. The topological polar surface area (TPSA) is 46.5 Å². The summed E-state index contributed by atoms with van der Waals surface area (Å²) < 4.78 is 0. The molecule has 0 N–H and O–H groups in total. The second-order valence-electron chi connectivity index (χ2n) is 2.61. The van der Waals surface area contributed by atoms with Gasteiger partial charge in [0.15, 0.2) is 6.29 Å². The van der Waals surface area contributed by atoms with E-state index in [1.807, 2.05) is 0 Å². The first-order valence-corrected chi connectivity index (χ1v) is 3.98. The van der Waals surface area contributed by atoms with Gasteiger partial charge in [-0.2, -0.15) is 0 Å². The van der Waals surface area contributed by atoms with Crippen molar-refractivity contribution < 1.29 is 9.59 Å². The molecule has 1 aliphatic heterocycles. The van der Waals surface area contributed by atoms with Gasteiger partial charge in [0, 0.05) is 10.2 Å². The summed E-state index contributed by atoms with van der Waals surface area (Å²) >= 11 is 5.69. The van der Waals surface area contributed by atoms with E-state index in [1.54, 1.807) is 18.2 Å². The summed E-state index contributed by atoms with van der Waals surface area (Å²) in [6.45, 7) is 0. The van der Waals surface area contributed by atoms with Gasteiger partial charge < -0.3 is 0 Å². The van der Waals surface area contributed by atoms with Crippen molar-refractivity contribution in [3.8, 4) is 0 Å². The number of halogens is 1. The van der Waals surface area contributed by atoms with Crippen LogP contribution in [0.3, 0.4) is 0 Å². The normalized spacial score (nSPS) is 13.9. The number of nitrogens with zero attached hydrogens (tertiary/aromatic N) is 1. The summed E-state index contributed by atoms with van der Waals surface area (Å²) in [6, 6.07) is 4.80. The second-order valence-corrected chi connectivity index (χ2v) is 3.05. The molecule has 2 rings (SSSR count). The van der Waals surface area contributed by atoms with E-state index >= 15 is 0 Å². The van der Waals surface area contributed by atoms with E-state index in [1.165, 1.54) is 0 Å². The quantitative estimate of drug-likeness (QED) is 0.583. The Morgan fingerprint density at radius 1 is 1.38 bits per heavy atom. The second kappa shape index (κ2) is 2.78. The Hall–Kier alpha value is -1.48. The van der Waals surface area contributed by atoms with Crippen LogP contribution in [0.2, 0.25) is 5.02 Å². The molecule has 1 aromatic rings.